The van der Waals surface area contributed by atoms with Crippen molar-refractivity contribution in [3.05, 3.63) is 0 Å². The van der Waals surface area contributed by atoms with Gasteiger partial charge in [0.05, 0.1) is 6.04 Å². The molecule has 0 aliphatic carbocycles. The van der Waals surface area contributed by atoms with Crippen LogP contribution in [0.25, 0.3) is 0 Å². The Hall–Kier alpha value is -0.320. The Kier molecular flexibility index (Phi) is 6.39. The van der Waals surface area contributed by atoms with Gasteiger partial charge in [-0.05, 0) is 51.2 Å². The van der Waals surface area contributed by atoms with Crippen molar-refractivity contribution in [3.8, 4) is 0 Å². The number of nitrogens with one attached hydrogen (secondary N) is 1. The van der Waals surface area contributed by atoms with Gasteiger partial charge in [0.15, 0.2) is 0 Å². The smallest absolute Gasteiger partial charge is 0.239 e. The van der Waals surface area contributed by atoms with Crippen LogP contribution in [0.2, 0.25) is 0 Å². The van der Waals surface area contributed by atoms with E-state index in [1.165, 1.54) is 19.3 Å². The summed E-state index contributed by atoms with van der Waals surface area (Å²) in [5.41, 5.74) is 0. The fraction of sp³-hybridized carbons (Fsp3) is 0.923. The van der Waals surface area contributed by atoms with Crippen LogP contribution < -0.4 is 5.32 Å². The van der Waals surface area contributed by atoms with E-state index >= 15 is 0 Å². The maximum absolute atomic E-state index is 12.1. The van der Waals surface area contributed by atoms with Crippen LogP contribution >= 0.6 is 12.4 Å². The molecule has 0 spiro atoms. The Morgan fingerprint density at radius 1 is 1.28 bits per heavy atom. The lowest BCUT2D eigenvalue weighted by molar-refractivity contribution is -0.133. The quantitative estimate of drug-likeness (QED) is 0.833. The van der Waals surface area contributed by atoms with Gasteiger partial charge in [0.2, 0.25) is 5.91 Å². The average molecular weight is 276 g/mol. The van der Waals surface area contributed by atoms with E-state index in [1.807, 2.05) is 14.1 Å². The van der Waals surface area contributed by atoms with E-state index in [0.29, 0.717) is 0 Å². The van der Waals surface area contributed by atoms with Gasteiger partial charge in [0.1, 0.15) is 0 Å². The SMILES string of the molecule is CN(C)C(=O)C1CCCN1CC1CCNCC1.Cl. The van der Waals surface area contributed by atoms with E-state index < -0.39 is 0 Å². The summed E-state index contributed by atoms with van der Waals surface area (Å²) in [5.74, 6) is 1.07. The molecule has 4 nitrogen and oxygen atoms in total. The van der Waals surface area contributed by atoms with Gasteiger partial charge >= 0.3 is 0 Å². The van der Waals surface area contributed by atoms with Gasteiger partial charge in [-0.25, -0.2) is 0 Å². The molecule has 2 saturated heterocycles. The zero-order chi connectivity index (χ0) is 12.3. The molecule has 1 atom stereocenters. The van der Waals surface area contributed by atoms with Crippen molar-refractivity contribution in [1.82, 2.24) is 15.1 Å². The Balaban J connectivity index is 0.00000162. The predicted molar refractivity (Wildman–Crippen MR) is 76.1 cm³/mol. The van der Waals surface area contributed by atoms with Crippen LogP contribution in [0.3, 0.4) is 0 Å². The number of rotatable bonds is 3. The van der Waals surface area contributed by atoms with Gasteiger partial charge in [-0.15, -0.1) is 12.4 Å². The maximum atomic E-state index is 12.1. The monoisotopic (exact) mass is 275 g/mol. The van der Waals surface area contributed by atoms with Crippen molar-refractivity contribution in [2.75, 3.05) is 40.3 Å². The molecule has 1 unspecified atom stereocenters. The highest BCUT2D eigenvalue weighted by atomic mass is 35.5. The third-order valence-electron chi connectivity index (χ3n) is 4.04. The van der Waals surface area contributed by atoms with Crippen molar-refractivity contribution >= 4 is 18.3 Å². The van der Waals surface area contributed by atoms with Gasteiger partial charge in [0, 0.05) is 20.6 Å². The number of likely N-dealkylation sites (N-methyl/N-ethyl adjacent to an activating group) is 1. The van der Waals surface area contributed by atoms with Crippen LogP contribution in [0.4, 0.5) is 0 Å². The van der Waals surface area contributed by atoms with Crippen LogP contribution in [-0.2, 0) is 4.79 Å². The molecule has 2 aliphatic heterocycles. The zero-order valence-corrected chi connectivity index (χ0v) is 12.3. The number of piperidine rings is 1. The van der Waals surface area contributed by atoms with E-state index in [0.717, 1.165) is 38.5 Å². The lowest BCUT2D eigenvalue weighted by atomic mass is 9.97. The van der Waals surface area contributed by atoms with E-state index in [9.17, 15) is 4.79 Å². The molecule has 5 heteroatoms. The topological polar surface area (TPSA) is 35.6 Å². The van der Waals surface area contributed by atoms with Crippen molar-refractivity contribution in [2.24, 2.45) is 5.92 Å². The Labute approximate surface area is 116 Å². The molecule has 0 bridgehead atoms. The zero-order valence-electron chi connectivity index (χ0n) is 11.5. The van der Waals surface area contributed by atoms with E-state index in [2.05, 4.69) is 10.2 Å². The number of hydrogen-bond acceptors (Lipinski definition) is 3. The largest absolute Gasteiger partial charge is 0.347 e. The van der Waals surface area contributed by atoms with Gasteiger partial charge in [0.25, 0.3) is 0 Å². The number of likely N-dealkylation sites (tertiary alicyclic amines) is 1. The molecule has 0 aromatic heterocycles. The molecule has 2 fully saturated rings. The molecule has 2 rings (SSSR count). The van der Waals surface area contributed by atoms with Crippen molar-refractivity contribution in [2.45, 2.75) is 31.7 Å². The third-order valence-corrected chi connectivity index (χ3v) is 4.04. The molecule has 2 heterocycles. The number of halogens is 1. The lowest BCUT2D eigenvalue weighted by Gasteiger charge is -2.31. The second-order valence-corrected chi connectivity index (χ2v) is 5.58. The van der Waals surface area contributed by atoms with Gasteiger partial charge in [-0.3, -0.25) is 9.69 Å². The highest BCUT2D eigenvalue weighted by Gasteiger charge is 2.32. The first-order valence-corrected chi connectivity index (χ1v) is 6.84. The summed E-state index contributed by atoms with van der Waals surface area (Å²) in [6.07, 6.45) is 4.75. The average Bonchev–Trinajstić information content (AvgIpc) is 2.77. The molecule has 2 aliphatic rings. The summed E-state index contributed by atoms with van der Waals surface area (Å²) in [6.45, 7) is 4.51. The van der Waals surface area contributed by atoms with Gasteiger partial charge < -0.3 is 10.2 Å². The third kappa shape index (κ3) is 3.84. The first-order chi connectivity index (χ1) is 8.18. The highest BCUT2D eigenvalue weighted by Crippen LogP contribution is 2.22. The minimum atomic E-state index is 0. The predicted octanol–water partition coefficient (Wildman–Crippen LogP) is 0.960. The van der Waals surface area contributed by atoms with Crippen LogP contribution in [-0.4, -0.2) is 62.0 Å². The maximum Gasteiger partial charge on any atom is 0.239 e. The number of carbonyl (C=O) groups is 1. The molecular formula is C13H26ClN3O. The fourth-order valence-electron chi connectivity index (χ4n) is 3.02. The van der Waals surface area contributed by atoms with Crippen LogP contribution in [0.1, 0.15) is 25.7 Å². The van der Waals surface area contributed by atoms with E-state index in [1.54, 1.807) is 4.90 Å². The molecule has 106 valence electrons. The number of carbonyl (C=O) groups excluding carboxylic acids is 1. The van der Waals surface area contributed by atoms with Crippen LogP contribution in [0.15, 0.2) is 0 Å². The molecular weight excluding hydrogens is 250 g/mol. The molecule has 0 aromatic carbocycles. The standard InChI is InChI=1S/C13H25N3O.ClH/c1-15(2)13(17)12-4-3-9-16(12)10-11-5-7-14-8-6-11;/h11-12,14H,3-10H2,1-2H3;1H. The minimum absolute atomic E-state index is 0. The fourth-order valence-corrected chi connectivity index (χ4v) is 3.02. The molecule has 0 aromatic rings. The number of hydrogen-bond donors (Lipinski definition) is 1. The summed E-state index contributed by atoms with van der Waals surface area (Å²) in [4.78, 5) is 16.2. The van der Waals surface area contributed by atoms with Crippen LogP contribution in [0.5, 0.6) is 0 Å². The van der Waals surface area contributed by atoms with Crippen molar-refractivity contribution in [1.29, 1.82) is 0 Å². The highest BCUT2D eigenvalue weighted by molar-refractivity contribution is 5.85. The number of amides is 1. The molecule has 0 saturated carbocycles. The van der Waals surface area contributed by atoms with Gasteiger partial charge in [-0.2, -0.15) is 0 Å². The first kappa shape index (κ1) is 15.7. The molecule has 0 radical (unpaired) electrons. The summed E-state index contributed by atoms with van der Waals surface area (Å²) in [7, 11) is 3.73. The number of nitrogens with zero attached hydrogens (tertiary/aromatic N) is 2. The van der Waals surface area contributed by atoms with Gasteiger partial charge in [-0.1, -0.05) is 0 Å². The second-order valence-electron chi connectivity index (χ2n) is 5.58. The van der Waals surface area contributed by atoms with Crippen LogP contribution in [0, 0.1) is 5.92 Å². The Bertz CT molecular complexity index is 267. The molecule has 18 heavy (non-hydrogen) atoms. The van der Waals surface area contributed by atoms with Crippen molar-refractivity contribution in [3.63, 3.8) is 0 Å². The lowest BCUT2D eigenvalue weighted by Crippen LogP contribution is -2.45. The second kappa shape index (κ2) is 7.31. The molecule has 1 N–H and O–H groups in total. The summed E-state index contributed by atoms with van der Waals surface area (Å²) < 4.78 is 0. The van der Waals surface area contributed by atoms with E-state index in [-0.39, 0.29) is 24.4 Å². The summed E-state index contributed by atoms with van der Waals surface area (Å²) in [6, 6.07) is 0.153. The summed E-state index contributed by atoms with van der Waals surface area (Å²) >= 11 is 0. The van der Waals surface area contributed by atoms with Crippen molar-refractivity contribution < 1.29 is 4.79 Å². The minimum Gasteiger partial charge on any atom is -0.347 e. The first-order valence-electron chi connectivity index (χ1n) is 6.84. The van der Waals surface area contributed by atoms with E-state index in [4.69, 9.17) is 0 Å². The normalized spacial score (nSPS) is 25.8. The Morgan fingerprint density at radius 3 is 2.56 bits per heavy atom. The summed E-state index contributed by atoms with van der Waals surface area (Å²) in [5, 5.41) is 3.40. The molecule has 1 amide bonds. The Morgan fingerprint density at radius 2 is 1.94 bits per heavy atom.